The molecule has 0 saturated heterocycles. The smallest absolute Gasteiger partial charge is 0.271 e. The lowest BCUT2D eigenvalue weighted by Gasteiger charge is -2.24. The molecule has 1 amide bonds. The van der Waals surface area contributed by atoms with Crippen molar-refractivity contribution in [3.63, 3.8) is 0 Å². The van der Waals surface area contributed by atoms with Crippen molar-refractivity contribution in [2.45, 2.75) is 38.6 Å². The molecule has 0 atom stereocenters. The molecule has 6 nitrogen and oxygen atoms in total. The topological polar surface area (TPSA) is 98.2 Å². The van der Waals surface area contributed by atoms with E-state index in [2.05, 4.69) is 4.98 Å². The van der Waals surface area contributed by atoms with E-state index in [0.717, 1.165) is 18.4 Å². The average Bonchev–Trinajstić information content (AvgIpc) is 2.71. The second-order valence-electron chi connectivity index (χ2n) is 7.46. The molecule has 3 aromatic rings. The minimum atomic E-state index is -0.800. The number of pyridine rings is 2. The van der Waals surface area contributed by atoms with Gasteiger partial charge in [0.2, 0.25) is 0 Å². The fourth-order valence-electron chi connectivity index (χ4n) is 4.14. The van der Waals surface area contributed by atoms with Gasteiger partial charge in [0.05, 0.1) is 11.7 Å². The van der Waals surface area contributed by atoms with E-state index in [9.17, 15) is 14.7 Å². The maximum Gasteiger partial charge on any atom is 0.271 e. The molecule has 0 radical (unpaired) electrons. The number of hydrogen-bond acceptors (Lipinski definition) is 4. The summed E-state index contributed by atoms with van der Waals surface area (Å²) in [6, 6.07) is 11.0. The Morgan fingerprint density at radius 2 is 1.89 bits per heavy atom. The van der Waals surface area contributed by atoms with Crippen LogP contribution in [0.25, 0.3) is 22.0 Å². The number of carbonyl (C=O) groups is 1. The van der Waals surface area contributed by atoms with Crippen LogP contribution in [0.2, 0.25) is 0 Å². The first-order valence-corrected chi connectivity index (χ1v) is 9.67. The Morgan fingerprint density at radius 3 is 2.57 bits per heavy atom. The van der Waals surface area contributed by atoms with Gasteiger partial charge in [0, 0.05) is 17.5 Å². The summed E-state index contributed by atoms with van der Waals surface area (Å²) in [4.78, 5) is 29.0. The number of fused-ring (bicyclic) bond motifs is 1. The van der Waals surface area contributed by atoms with E-state index in [-0.39, 0.29) is 17.0 Å². The van der Waals surface area contributed by atoms with Crippen LogP contribution in [-0.2, 0) is 6.54 Å². The van der Waals surface area contributed by atoms with Gasteiger partial charge in [-0.05, 0) is 30.4 Å². The molecule has 1 aliphatic carbocycles. The number of hydrogen-bond donors (Lipinski definition) is 2. The van der Waals surface area contributed by atoms with Gasteiger partial charge in [-0.2, -0.15) is 0 Å². The molecular weight excluding hydrogens is 354 g/mol. The highest BCUT2D eigenvalue weighted by molar-refractivity contribution is 6.00. The second-order valence-corrected chi connectivity index (χ2v) is 7.46. The molecule has 144 valence electrons. The van der Waals surface area contributed by atoms with E-state index in [1.54, 1.807) is 10.6 Å². The molecule has 1 saturated carbocycles. The minimum absolute atomic E-state index is 0.114. The van der Waals surface area contributed by atoms with Gasteiger partial charge in [0.25, 0.3) is 11.5 Å². The van der Waals surface area contributed by atoms with Gasteiger partial charge in [-0.25, -0.2) is 4.98 Å². The molecule has 6 heteroatoms. The van der Waals surface area contributed by atoms with Gasteiger partial charge in [-0.15, -0.1) is 0 Å². The first-order chi connectivity index (χ1) is 13.6. The number of aromatic nitrogens is 2. The maximum absolute atomic E-state index is 13.3. The molecule has 0 spiro atoms. The zero-order valence-corrected chi connectivity index (χ0v) is 15.6. The summed E-state index contributed by atoms with van der Waals surface area (Å²) in [7, 11) is 0. The third-order valence-corrected chi connectivity index (χ3v) is 5.61. The van der Waals surface area contributed by atoms with Crippen molar-refractivity contribution >= 4 is 16.8 Å². The van der Waals surface area contributed by atoms with Crippen LogP contribution in [0.1, 0.15) is 42.6 Å². The van der Waals surface area contributed by atoms with E-state index >= 15 is 0 Å². The van der Waals surface area contributed by atoms with Crippen LogP contribution in [-0.4, -0.2) is 20.6 Å². The van der Waals surface area contributed by atoms with Crippen molar-refractivity contribution in [2.75, 3.05) is 0 Å². The molecule has 1 aromatic carbocycles. The number of nitrogens with two attached hydrogens (primary N) is 1. The molecule has 2 heterocycles. The largest absolute Gasteiger partial charge is 0.505 e. The average molecular weight is 377 g/mol. The predicted molar refractivity (Wildman–Crippen MR) is 108 cm³/mol. The van der Waals surface area contributed by atoms with Crippen LogP contribution in [0.3, 0.4) is 0 Å². The van der Waals surface area contributed by atoms with Gasteiger partial charge in [-0.1, -0.05) is 49.6 Å². The second kappa shape index (κ2) is 7.46. The molecule has 3 N–H and O–H groups in total. The quantitative estimate of drug-likeness (QED) is 0.727. The Labute approximate surface area is 162 Å². The minimum Gasteiger partial charge on any atom is -0.505 e. The molecule has 0 unspecified atom stereocenters. The van der Waals surface area contributed by atoms with Crippen molar-refractivity contribution in [3.05, 3.63) is 58.6 Å². The summed E-state index contributed by atoms with van der Waals surface area (Å²) in [5, 5.41) is 11.0. The highest BCUT2D eigenvalue weighted by Gasteiger charge is 2.21. The van der Waals surface area contributed by atoms with Crippen molar-refractivity contribution < 1.29 is 9.90 Å². The van der Waals surface area contributed by atoms with Crippen molar-refractivity contribution in [3.8, 4) is 16.9 Å². The summed E-state index contributed by atoms with van der Waals surface area (Å²) in [6.07, 6.45) is 7.22. The normalized spacial score (nSPS) is 15.0. The number of primary amides is 1. The summed E-state index contributed by atoms with van der Waals surface area (Å²) in [5.41, 5.74) is 6.82. The van der Waals surface area contributed by atoms with Gasteiger partial charge < -0.3 is 15.4 Å². The van der Waals surface area contributed by atoms with Crippen molar-refractivity contribution in [1.82, 2.24) is 9.55 Å². The molecule has 4 rings (SSSR count). The molecule has 2 aromatic heterocycles. The molecule has 0 aliphatic heterocycles. The standard InChI is InChI=1S/C22H23N3O3/c23-21(27)19-20(26)17-11-16(15-9-5-2-6-10-15)22(28)25(18(17)12-24-19)13-14-7-3-1-4-8-14/h2,5-6,9-12,14,26H,1,3-4,7-8,13H2,(H2,23,27). The summed E-state index contributed by atoms with van der Waals surface area (Å²) < 4.78 is 1.70. The van der Waals surface area contributed by atoms with Crippen LogP contribution < -0.4 is 11.3 Å². The lowest BCUT2D eigenvalue weighted by molar-refractivity contribution is 0.0993. The Kier molecular flexibility index (Phi) is 4.86. The molecule has 1 fully saturated rings. The van der Waals surface area contributed by atoms with Crippen LogP contribution >= 0.6 is 0 Å². The number of aromatic hydroxyl groups is 1. The van der Waals surface area contributed by atoms with E-state index in [1.807, 2.05) is 30.3 Å². The fraction of sp³-hybridized carbons (Fsp3) is 0.318. The monoisotopic (exact) mass is 377 g/mol. The summed E-state index contributed by atoms with van der Waals surface area (Å²) >= 11 is 0. The molecule has 28 heavy (non-hydrogen) atoms. The Balaban J connectivity index is 1.96. The van der Waals surface area contributed by atoms with E-state index in [1.165, 1.54) is 25.5 Å². The first kappa shape index (κ1) is 18.2. The van der Waals surface area contributed by atoms with Gasteiger partial charge in [0.1, 0.15) is 0 Å². The van der Waals surface area contributed by atoms with E-state index in [4.69, 9.17) is 5.73 Å². The number of carbonyl (C=O) groups excluding carboxylic acids is 1. The summed E-state index contributed by atoms with van der Waals surface area (Å²) in [5.74, 6) is -0.663. The first-order valence-electron chi connectivity index (χ1n) is 9.67. The van der Waals surface area contributed by atoms with E-state index < -0.39 is 5.91 Å². The third kappa shape index (κ3) is 3.26. The van der Waals surface area contributed by atoms with Crippen LogP contribution in [0.15, 0.2) is 47.4 Å². The highest BCUT2D eigenvalue weighted by Crippen LogP contribution is 2.31. The van der Waals surface area contributed by atoms with E-state index in [0.29, 0.717) is 28.9 Å². The van der Waals surface area contributed by atoms with Gasteiger partial charge in [0.15, 0.2) is 11.4 Å². The summed E-state index contributed by atoms with van der Waals surface area (Å²) in [6.45, 7) is 0.576. The zero-order valence-electron chi connectivity index (χ0n) is 15.6. The SMILES string of the molecule is NC(=O)c1ncc2c(cc(-c3ccccc3)c(=O)n2CC2CCCCC2)c1O. The maximum atomic E-state index is 13.3. The number of amides is 1. The molecule has 0 bridgehead atoms. The van der Waals surface area contributed by atoms with Gasteiger partial charge in [-0.3, -0.25) is 9.59 Å². The fourth-order valence-corrected chi connectivity index (χ4v) is 4.14. The van der Waals surface area contributed by atoms with Crippen LogP contribution in [0.4, 0.5) is 0 Å². The Morgan fingerprint density at radius 1 is 1.18 bits per heavy atom. The number of benzene rings is 1. The Hall–Kier alpha value is -3.15. The number of rotatable bonds is 4. The lowest BCUT2D eigenvalue weighted by Crippen LogP contribution is -2.27. The highest BCUT2D eigenvalue weighted by atomic mass is 16.3. The molecule has 1 aliphatic rings. The van der Waals surface area contributed by atoms with Crippen molar-refractivity contribution in [1.29, 1.82) is 0 Å². The van der Waals surface area contributed by atoms with Crippen LogP contribution in [0.5, 0.6) is 5.75 Å². The van der Waals surface area contributed by atoms with Gasteiger partial charge >= 0.3 is 0 Å². The Bertz CT molecular complexity index is 1080. The number of nitrogens with zero attached hydrogens (tertiary/aromatic N) is 2. The van der Waals surface area contributed by atoms with Crippen molar-refractivity contribution in [2.24, 2.45) is 11.7 Å². The zero-order chi connectivity index (χ0) is 19.7. The molecular formula is C22H23N3O3. The lowest BCUT2D eigenvalue weighted by atomic mass is 9.89. The predicted octanol–water partition coefficient (Wildman–Crippen LogP) is 3.45. The van der Waals surface area contributed by atoms with Crippen LogP contribution in [0, 0.1) is 5.92 Å². The third-order valence-electron chi connectivity index (χ3n) is 5.61.